The average Bonchev–Trinajstić information content (AvgIpc) is 2.42. The maximum Gasteiger partial charge on any atom is 0.138 e. The third kappa shape index (κ3) is 2.82. The van der Waals surface area contributed by atoms with Crippen molar-refractivity contribution in [2.75, 3.05) is 7.11 Å². The van der Waals surface area contributed by atoms with E-state index in [1.165, 1.54) is 17.8 Å². The van der Waals surface area contributed by atoms with Crippen molar-refractivity contribution >= 4 is 11.8 Å². The first-order chi connectivity index (χ1) is 8.72. The van der Waals surface area contributed by atoms with Crippen molar-refractivity contribution in [2.45, 2.75) is 9.79 Å². The Balaban J connectivity index is 2.20. The van der Waals surface area contributed by atoms with E-state index < -0.39 is 0 Å². The second-order valence-corrected chi connectivity index (χ2v) is 4.65. The molecule has 0 saturated heterocycles. The predicted molar refractivity (Wildman–Crippen MR) is 68.2 cm³/mol. The summed E-state index contributed by atoms with van der Waals surface area (Å²) < 4.78 is 18.7. The monoisotopic (exact) mass is 259 g/mol. The fraction of sp³-hybridized carbons (Fsp3) is 0.0714. The lowest BCUT2D eigenvalue weighted by atomic mass is 10.2. The number of hydrogen-bond acceptors (Lipinski definition) is 3. The van der Waals surface area contributed by atoms with Crippen LogP contribution in [-0.2, 0) is 0 Å². The molecule has 4 heteroatoms. The van der Waals surface area contributed by atoms with Gasteiger partial charge in [0.1, 0.15) is 11.6 Å². The SMILES string of the molecule is COc1ccc(Sc2ccc(C#N)cc2F)cc1. The molecule has 0 spiro atoms. The Labute approximate surface area is 109 Å². The molecule has 2 aromatic rings. The van der Waals surface area contributed by atoms with Gasteiger partial charge in [0.05, 0.1) is 18.7 Å². The summed E-state index contributed by atoms with van der Waals surface area (Å²) in [6.45, 7) is 0. The molecule has 0 N–H and O–H groups in total. The number of ether oxygens (including phenoxy) is 1. The number of halogens is 1. The maximum atomic E-state index is 13.7. The third-order valence-electron chi connectivity index (χ3n) is 2.35. The van der Waals surface area contributed by atoms with Gasteiger partial charge >= 0.3 is 0 Å². The standard InChI is InChI=1S/C14H10FNOS/c1-17-11-3-5-12(6-4-11)18-14-7-2-10(9-16)8-13(14)15/h2-8H,1H3. The summed E-state index contributed by atoms with van der Waals surface area (Å²) in [6, 6.07) is 13.7. The van der Waals surface area contributed by atoms with E-state index in [1.54, 1.807) is 19.2 Å². The van der Waals surface area contributed by atoms with Crippen LogP contribution < -0.4 is 4.74 Å². The highest BCUT2D eigenvalue weighted by atomic mass is 32.2. The Kier molecular flexibility index (Phi) is 3.85. The first-order valence-corrected chi connectivity index (χ1v) is 6.06. The molecule has 0 aliphatic heterocycles. The molecule has 0 amide bonds. The molecule has 0 heterocycles. The molecule has 0 radical (unpaired) electrons. The van der Waals surface area contributed by atoms with Crippen LogP contribution in [0.4, 0.5) is 4.39 Å². The molecule has 2 nitrogen and oxygen atoms in total. The normalized spacial score (nSPS) is 9.83. The topological polar surface area (TPSA) is 33.0 Å². The van der Waals surface area contributed by atoms with Crippen LogP contribution in [0, 0.1) is 17.1 Å². The van der Waals surface area contributed by atoms with Gasteiger partial charge in [-0.3, -0.25) is 0 Å². The van der Waals surface area contributed by atoms with Gasteiger partial charge in [-0.1, -0.05) is 11.8 Å². The van der Waals surface area contributed by atoms with E-state index in [0.717, 1.165) is 10.6 Å². The van der Waals surface area contributed by atoms with Crippen LogP contribution in [-0.4, -0.2) is 7.11 Å². The Hall–Kier alpha value is -1.99. The molecular weight excluding hydrogens is 249 g/mol. The second-order valence-electron chi connectivity index (χ2n) is 3.53. The zero-order valence-corrected chi connectivity index (χ0v) is 10.5. The van der Waals surface area contributed by atoms with Crippen LogP contribution in [0.5, 0.6) is 5.75 Å². The van der Waals surface area contributed by atoms with Crippen molar-refractivity contribution in [1.29, 1.82) is 5.26 Å². The van der Waals surface area contributed by atoms with Crippen molar-refractivity contribution < 1.29 is 9.13 Å². The molecule has 18 heavy (non-hydrogen) atoms. The van der Waals surface area contributed by atoms with E-state index in [1.807, 2.05) is 30.3 Å². The van der Waals surface area contributed by atoms with Crippen LogP contribution >= 0.6 is 11.8 Å². The average molecular weight is 259 g/mol. The molecule has 0 saturated carbocycles. The summed E-state index contributed by atoms with van der Waals surface area (Å²) in [5.74, 6) is 0.384. The quantitative estimate of drug-likeness (QED) is 0.839. The van der Waals surface area contributed by atoms with Crippen LogP contribution in [0.25, 0.3) is 0 Å². The van der Waals surface area contributed by atoms with Gasteiger partial charge in [0.2, 0.25) is 0 Å². The molecule has 0 unspecified atom stereocenters. The molecular formula is C14H10FNOS. The van der Waals surface area contributed by atoms with E-state index in [2.05, 4.69) is 0 Å². The Morgan fingerprint density at radius 1 is 1.17 bits per heavy atom. The number of nitrogens with zero attached hydrogens (tertiary/aromatic N) is 1. The van der Waals surface area contributed by atoms with Gasteiger partial charge in [0, 0.05) is 9.79 Å². The molecule has 0 aliphatic carbocycles. The molecule has 2 rings (SSSR count). The van der Waals surface area contributed by atoms with Crippen LogP contribution in [0.3, 0.4) is 0 Å². The van der Waals surface area contributed by atoms with Crippen molar-refractivity contribution in [3.05, 3.63) is 53.8 Å². The highest BCUT2D eigenvalue weighted by molar-refractivity contribution is 7.99. The van der Waals surface area contributed by atoms with Crippen molar-refractivity contribution in [2.24, 2.45) is 0 Å². The number of hydrogen-bond donors (Lipinski definition) is 0. The minimum atomic E-state index is -0.380. The molecule has 90 valence electrons. The molecule has 2 aromatic carbocycles. The summed E-state index contributed by atoms with van der Waals surface area (Å²) in [6.07, 6.45) is 0. The van der Waals surface area contributed by atoms with Crippen molar-refractivity contribution in [3.8, 4) is 11.8 Å². The minimum absolute atomic E-state index is 0.326. The second kappa shape index (κ2) is 5.56. The molecule has 0 fully saturated rings. The Morgan fingerprint density at radius 3 is 2.44 bits per heavy atom. The Bertz CT molecular complexity index is 590. The van der Waals surface area contributed by atoms with Gasteiger partial charge in [-0.05, 0) is 42.5 Å². The lowest BCUT2D eigenvalue weighted by Gasteiger charge is -2.04. The summed E-state index contributed by atoms with van der Waals surface area (Å²) >= 11 is 1.31. The van der Waals surface area contributed by atoms with Crippen molar-refractivity contribution in [1.82, 2.24) is 0 Å². The number of benzene rings is 2. The fourth-order valence-electron chi connectivity index (χ4n) is 1.42. The van der Waals surface area contributed by atoms with Gasteiger partial charge in [0.15, 0.2) is 0 Å². The molecule has 0 aromatic heterocycles. The molecule has 0 bridgehead atoms. The molecule has 0 atom stereocenters. The van der Waals surface area contributed by atoms with Gasteiger partial charge in [-0.25, -0.2) is 4.39 Å². The van der Waals surface area contributed by atoms with Crippen LogP contribution in [0.1, 0.15) is 5.56 Å². The zero-order chi connectivity index (χ0) is 13.0. The fourth-order valence-corrected chi connectivity index (χ4v) is 2.24. The summed E-state index contributed by atoms with van der Waals surface area (Å²) in [4.78, 5) is 1.42. The largest absolute Gasteiger partial charge is 0.497 e. The zero-order valence-electron chi connectivity index (χ0n) is 9.68. The molecule has 0 aliphatic rings. The van der Waals surface area contributed by atoms with Gasteiger partial charge in [-0.2, -0.15) is 5.26 Å². The van der Waals surface area contributed by atoms with Crippen LogP contribution in [0.2, 0.25) is 0 Å². The van der Waals surface area contributed by atoms with Gasteiger partial charge in [0.25, 0.3) is 0 Å². The van der Waals surface area contributed by atoms with E-state index in [4.69, 9.17) is 10.00 Å². The van der Waals surface area contributed by atoms with E-state index in [-0.39, 0.29) is 5.82 Å². The van der Waals surface area contributed by atoms with Gasteiger partial charge in [-0.15, -0.1) is 0 Å². The maximum absolute atomic E-state index is 13.7. The predicted octanol–water partition coefficient (Wildman–Crippen LogP) is 3.86. The smallest absolute Gasteiger partial charge is 0.138 e. The number of rotatable bonds is 3. The van der Waals surface area contributed by atoms with E-state index >= 15 is 0 Å². The summed E-state index contributed by atoms with van der Waals surface area (Å²) in [7, 11) is 1.60. The van der Waals surface area contributed by atoms with Crippen LogP contribution in [0.15, 0.2) is 52.3 Å². The first kappa shape index (κ1) is 12.5. The van der Waals surface area contributed by atoms with Crippen molar-refractivity contribution in [3.63, 3.8) is 0 Å². The lowest BCUT2D eigenvalue weighted by Crippen LogP contribution is -1.84. The highest BCUT2D eigenvalue weighted by Gasteiger charge is 2.05. The van der Waals surface area contributed by atoms with E-state index in [9.17, 15) is 4.39 Å². The Morgan fingerprint density at radius 2 is 1.89 bits per heavy atom. The minimum Gasteiger partial charge on any atom is -0.497 e. The number of nitriles is 1. The summed E-state index contributed by atoms with van der Waals surface area (Å²) in [5.41, 5.74) is 0.326. The lowest BCUT2D eigenvalue weighted by molar-refractivity contribution is 0.414. The van der Waals surface area contributed by atoms with E-state index in [0.29, 0.717) is 10.5 Å². The first-order valence-electron chi connectivity index (χ1n) is 5.24. The number of methoxy groups -OCH3 is 1. The summed E-state index contributed by atoms with van der Waals surface area (Å²) in [5, 5.41) is 8.66. The van der Waals surface area contributed by atoms with Gasteiger partial charge < -0.3 is 4.74 Å². The third-order valence-corrected chi connectivity index (χ3v) is 3.41. The highest BCUT2D eigenvalue weighted by Crippen LogP contribution is 2.31.